The Morgan fingerprint density at radius 2 is 2.14 bits per heavy atom. The molecule has 1 aliphatic rings. The summed E-state index contributed by atoms with van der Waals surface area (Å²) < 4.78 is 1.04. The van der Waals surface area contributed by atoms with Gasteiger partial charge in [-0.3, -0.25) is 10.2 Å². The number of rotatable bonds is 3. The minimum Gasteiger partial charge on any atom is -0.365 e. The van der Waals surface area contributed by atoms with Crippen LogP contribution in [0.3, 0.4) is 0 Å². The molecule has 6 nitrogen and oxygen atoms in total. The van der Waals surface area contributed by atoms with E-state index >= 15 is 0 Å². The highest BCUT2D eigenvalue weighted by Gasteiger charge is 2.24. The molecule has 1 fully saturated rings. The van der Waals surface area contributed by atoms with Crippen molar-refractivity contribution in [3.8, 4) is 0 Å². The second kappa shape index (κ2) is 6.28. The van der Waals surface area contributed by atoms with Gasteiger partial charge >= 0.3 is 0 Å². The van der Waals surface area contributed by atoms with Gasteiger partial charge in [0.25, 0.3) is 0 Å². The third-order valence-corrected chi connectivity index (χ3v) is 5.12. The first-order chi connectivity index (χ1) is 10.6. The maximum absolute atomic E-state index is 11.8. The molecule has 1 aromatic carbocycles. The van der Waals surface area contributed by atoms with Crippen molar-refractivity contribution in [2.45, 2.75) is 13.3 Å². The molecule has 1 aromatic heterocycles. The van der Waals surface area contributed by atoms with Crippen LogP contribution in [0.25, 0.3) is 10.2 Å². The van der Waals surface area contributed by atoms with Gasteiger partial charge in [0, 0.05) is 32.6 Å². The number of hydrogen-bond donors (Lipinski definition) is 2. The van der Waals surface area contributed by atoms with Crippen molar-refractivity contribution in [1.29, 1.82) is 0 Å². The number of amides is 1. The first-order valence-electron chi connectivity index (χ1n) is 7.22. The van der Waals surface area contributed by atoms with Crippen molar-refractivity contribution in [1.82, 2.24) is 9.88 Å². The number of halogens is 1. The Morgan fingerprint density at radius 3 is 2.77 bits per heavy atom. The molecule has 22 heavy (non-hydrogen) atoms. The lowest BCUT2D eigenvalue weighted by Gasteiger charge is -2.36. The van der Waals surface area contributed by atoms with E-state index in [1.54, 1.807) is 0 Å². The fourth-order valence-electron chi connectivity index (χ4n) is 2.72. The largest absolute Gasteiger partial charge is 0.365 e. The van der Waals surface area contributed by atoms with Crippen LogP contribution in [0, 0.1) is 0 Å². The van der Waals surface area contributed by atoms with Crippen molar-refractivity contribution >= 4 is 49.9 Å². The van der Waals surface area contributed by atoms with Crippen LogP contribution in [0.5, 0.6) is 0 Å². The highest BCUT2D eigenvalue weighted by atomic mass is 35.5. The Kier molecular flexibility index (Phi) is 4.37. The van der Waals surface area contributed by atoms with Gasteiger partial charge in [-0.1, -0.05) is 29.9 Å². The number of carbonyl (C=O) groups excluding carboxylic acids is 1. The lowest BCUT2D eigenvalue weighted by molar-refractivity contribution is -0.131. The molecular weight excluding hydrogens is 322 g/mol. The highest BCUT2D eigenvalue weighted by molar-refractivity contribution is 7.22. The van der Waals surface area contributed by atoms with E-state index in [0.717, 1.165) is 29.0 Å². The third-order valence-electron chi connectivity index (χ3n) is 3.86. The van der Waals surface area contributed by atoms with Crippen LogP contribution < -0.4 is 16.2 Å². The molecule has 0 spiro atoms. The summed E-state index contributed by atoms with van der Waals surface area (Å²) >= 11 is 7.90. The maximum Gasteiger partial charge on any atom is 0.222 e. The molecule has 1 saturated heterocycles. The van der Waals surface area contributed by atoms with Crippen molar-refractivity contribution in [2.24, 2.45) is 5.84 Å². The van der Waals surface area contributed by atoms with E-state index in [1.165, 1.54) is 11.3 Å². The molecule has 2 heterocycles. The van der Waals surface area contributed by atoms with Crippen LogP contribution in [-0.2, 0) is 4.79 Å². The topological polar surface area (TPSA) is 74.5 Å². The number of carbonyl (C=O) groups is 1. The zero-order valence-corrected chi connectivity index (χ0v) is 13.9. The van der Waals surface area contributed by atoms with E-state index in [9.17, 15) is 4.79 Å². The predicted molar refractivity (Wildman–Crippen MR) is 91.5 cm³/mol. The van der Waals surface area contributed by atoms with Gasteiger partial charge in [0.15, 0.2) is 5.13 Å². The number of benzene rings is 1. The fourth-order valence-corrected chi connectivity index (χ4v) is 3.77. The lowest BCUT2D eigenvalue weighted by Crippen LogP contribution is -2.48. The Balaban J connectivity index is 1.89. The summed E-state index contributed by atoms with van der Waals surface area (Å²) in [5, 5.41) is 1.34. The van der Waals surface area contributed by atoms with Gasteiger partial charge in [-0.2, -0.15) is 0 Å². The molecule has 0 atom stereocenters. The SMILES string of the molecule is CCC(=O)N1CCN(c2c(Cl)ccc3sc(NN)nc23)CC1. The van der Waals surface area contributed by atoms with Gasteiger partial charge < -0.3 is 9.80 Å². The van der Waals surface area contributed by atoms with E-state index in [4.69, 9.17) is 17.4 Å². The number of nitrogens with zero attached hydrogens (tertiary/aromatic N) is 3. The molecule has 0 radical (unpaired) electrons. The fraction of sp³-hybridized carbons (Fsp3) is 0.429. The summed E-state index contributed by atoms with van der Waals surface area (Å²) in [6.45, 7) is 4.83. The first kappa shape index (κ1) is 15.3. The van der Waals surface area contributed by atoms with Crippen LogP contribution >= 0.6 is 22.9 Å². The molecule has 3 N–H and O–H groups in total. The third kappa shape index (κ3) is 2.71. The van der Waals surface area contributed by atoms with Gasteiger partial charge in [-0.25, -0.2) is 10.8 Å². The summed E-state index contributed by atoms with van der Waals surface area (Å²) in [5.41, 5.74) is 4.38. The quantitative estimate of drug-likeness (QED) is 0.663. The Hall–Kier alpha value is -1.57. The van der Waals surface area contributed by atoms with Crippen LogP contribution in [0.4, 0.5) is 10.8 Å². The summed E-state index contributed by atoms with van der Waals surface area (Å²) in [7, 11) is 0. The smallest absolute Gasteiger partial charge is 0.222 e. The molecule has 1 amide bonds. The van der Waals surface area contributed by atoms with Crippen molar-refractivity contribution in [3.63, 3.8) is 0 Å². The monoisotopic (exact) mass is 339 g/mol. The average molecular weight is 340 g/mol. The first-order valence-corrected chi connectivity index (χ1v) is 8.42. The molecule has 3 rings (SSSR count). The molecule has 0 aliphatic carbocycles. The minimum absolute atomic E-state index is 0.201. The zero-order chi connectivity index (χ0) is 15.7. The number of nitrogens with one attached hydrogen (secondary N) is 1. The molecule has 0 bridgehead atoms. The minimum atomic E-state index is 0.201. The van der Waals surface area contributed by atoms with Gasteiger partial charge in [0.1, 0.15) is 5.52 Å². The number of fused-ring (bicyclic) bond motifs is 1. The number of anilines is 2. The number of hydrogen-bond acceptors (Lipinski definition) is 6. The number of piperazine rings is 1. The van der Waals surface area contributed by atoms with E-state index in [1.807, 2.05) is 24.0 Å². The van der Waals surface area contributed by atoms with Crippen LogP contribution in [0.1, 0.15) is 13.3 Å². The van der Waals surface area contributed by atoms with Gasteiger partial charge in [-0.15, -0.1) is 0 Å². The molecule has 0 unspecified atom stereocenters. The molecule has 0 saturated carbocycles. The summed E-state index contributed by atoms with van der Waals surface area (Å²) in [5.74, 6) is 5.66. The average Bonchev–Trinajstić information content (AvgIpc) is 2.97. The van der Waals surface area contributed by atoms with Crippen molar-refractivity contribution in [3.05, 3.63) is 17.2 Å². The molecule has 118 valence electrons. The van der Waals surface area contributed by atoms with E-state index in [2.05, 4.69) is 15.3 Å². The number of hydrazine groups is 1. The van der Waals surface area contributed by atoms with Gasteiger partial charge in [0.2, 0.25) is 5.91 Å². The highest BCUT2D eigenvalue weighted by Crippen LogP contribution is 2.38. The van der Waals surface area contributed by atoms with E-state index < -0.39 is 0 Å². The predicted octanol–water partition coefficient (Wildman–Crippen LogP) is 2.29. The molecule has 2 aromatic rings. The lowest BCUT2D eigenvalue weighted by atomic mass is 10.2. The zero-order valence-electron chi connectivity index (χ0n) is 12.3. The second-order valence-electron chi connectivity index (χ2n) is 5.13. The number of aromatic nitrogens is 1. The van der Waals surface area contributed by atoms with Gasteiger partial charge in [0.05, 0.1) is 15.4 Å². The second-order valence-corrected chi connectivity index (χ2v) is 6.57. The van der Waals surface area contributed by atoms with E-state index in [-0.39, 0.29) is 5.91 Å². The van der Waals surface area contributed by atoms with Crippen molar-refractivity contribution < 1.29 is 4.79 Å². The molecule has 1 aliphatic heterocycles. The molecular formula is C14H18ClN5OS. The van der Waals surface area contributed by atoms with Crippen molar-refractivity contribution in [2.75, 3.05) is 36.5 Å². The normalized spacial score (nSPS) is 15.4. The Bertz CT molecular complexity index is 696. The van der Waals surface area contributed by atoms with Crippen LogP contribution in [0.15, 0.2) is 12.1 Å². The van der Waals surface area contributed by atoms with Crippen LogP contribution in [-0.4, -0.2) is 42.0 Å². The van der Waals surface area contributed by atoms with Gasteiger partial charge in [-0.05, 0) is 12.1 Å². The Labute approximate surface area is 137 Å². The van der Waals surface area contributed by atoms with E-state index in [0.29, 0.717) is 29.7 Å². The van der Waals surface area contributed by atoms with Crippen LogP contribution in [0.2, 0.25) is 5.02 Å². The molecule has 8 heteroatoms. The Morgan fingerprint density at radius 1 is 1.41 bits per heavy atom. The number of nitrogen functional groups attached to an aromatic ring is 1. The number of thiazole rings is 1. The standard InChI is InChI=1S/C14H18ClN5OS/c1-2-11(21)19-5-7-20(8-6-19)13-9(15)3-4-10-12(13)17-14(18-16)22-10/h3-4H,2,5-8,16H2,1H3,(H,17,18). The maximum atomic E-state index is 11.8. The summed E-state index contributed by atoms with van der Waals surface area (Å²) in [6.07, 6.45) is 0.550. The summed E-state index contributed by atoms with van der Waals surface area (Å²) in [6, 6.07) is 3.85. The number of nitrogens with two attached hydrogens (primary N) is 1. The summed E-state index contributed by atoms with van der Waals surface area (Å²) in [4.78, 5) is 20.4.